The molecule has 1 aromatic heterocycles. The molecule has 1 rings (SSSR count). The van der Waals surface area contributed by atoms with Crippen LogP contribution in [0.4, 0.5) is 0 Å². The number of ether oxygens (including phenoxy) is 1. The van der Waals surface area contributed by atoms with Crippen molar-refractivity contribution in [3.8, 4) is 0 Å². The molecule has 0 amide bonds. The molecule has 3 nitrogen and oxygen atoms in total. The van der Waals surface area contributed by atoms with Crippen molar-refractivity contribution in [3.63, 3.8) is 0 Å². The lowest BCUT2D eigenvalue weighted by atomic mass is 10.3. The van der Waals surface area contributed by atoms with Crippen LogP contribution < -0.4 is 0 Å². The third-order valence-electron chi connectivity index (χ3n) is 1.65. The molecule has 5 heteroatoms. The molecule has 0 fully saturated rings. The topological polar surface area (TPSA) is 39.2 Å². The lowest BCUT2D eigenvalue weighted by molar-refractivity contribution is 0.0594. The number of esters is 1. The number of thioether (sulfide) groups is 2. The smallest absolute Gasteiger partial charge is 0.356 e. The highest BCUT2D eigenvalue weighted by Crippen LogP contribution is 2.14. The Bertz CT molecular complexity index is 331. The van der Waals surface area contributed by atoms with Gasteiger partial charge in [-0.2, -0.15) is 11.8 Å². The normalized spacial score (nSPS) is 10.0. The zero-order valence-electron chi connectivity index (χ0n) is 8.73. The molecule has 1 heterocycles. The Morgan fingerprint density at radius 1 is 1.53 bits per heavy atom. The van der Waals surface area contributed by atoms with Crippen LogP contribution in [0.25, 0.3) is 0 Å². The minimum atomic E-state index is -0.383. The molecule has 0 unspecified atom stereocenters. The quantitative estimate of drug-likeness (QED) is 0.451. The lowest BCUT2D eigenvalue weighted by Crippen LogP contribution is -2.05. The first-order valence-electron chi connectivity index (χ1n) is 4.39. The zero-order chi connectivity index (χ0) is 11.1. The number of nitrogens with zero attached hydrogens (tertiary/aromatic N) is 1. The predicted molar refractivity (Wildman–Crippen MR) is 65.3 cm³/mol. The zero-order valence-corrected chi connectivity index (χ0v) is 10.4. The van der Waals surface area contributed by atoms with Crippen LogP contribution in [-0.2, 0) is 10.5 Å². The highest BCUT2D eigenvalue weighted by Gasteiger charge is 2.06. The van der Waals surface area contributed by atoms with Crippen molar-refractivity contribution in [2.24, 2.45) is 0 Å². The molecule has 0 saturated heterocycles. The molecule has 0 aromatic carbocycles. The predicted octanol–water partition coefficient (Wildman–Crippen LogP) is 2.42. The molecule has 0 aliphatic carbocycles. The van der Waals surface area contributed by atoms with Crippen molar-refractivity contribution < 1.29 is 9.53 Å². The fourth-order valence-corrected chi connectivity index (χ4v) is 2.38. The van der Waals surface area contributed by atoms with Gasteiger partial charge >= 0.3 is 5.97 Å². The monoisotopic (exact) mass is 243 g/mol. The first-order valence-corrected chi connectivity index (χ1v) is 6.93. The number of pyridine rings is 1. The van der Waals surface area contributed by atoms with Crippen LogP contribution in [0.1, 0.15) is 16.2 Å². The van der Waals surface area contributed by atoms with Gasteiger partial charge in [0.25, 0.3) is 0 Å². The van der Waals surface area contributed by atoms with Crippen molar-refractivity contribution in [2.45, 2.75) is 5.75 Å². The van der Waals surface area contributed by atoms with Crippen LogP contribution in [0.3, 0.4) is 0 Å². The minimum Gasteiger partial charge on any atom is -0.464 e. The summed E-state index contributed by atoms with van der Waals surface area (Å²) in [6.45, 7) is 0. The molecule has 15 heavy (non-hydrogen) atoms. The van der Waals surface area contributed by atoms with E-state index in [0.717, 1.165) is 16.5 Å². The maximum Gasteiger partial charge on any atom is 0.356 e. The maximum absolute atomic E-state index is 11.2. The SMILES string of the molecule is COC(=O)c1cccc(CSCSC)n1. The van der Waals surface area contributed by atoms with E-state index in [2.05, 4.69) is 16.0 Å². The molecule has 0 N–H and O–H groups in total. The Kier molecular flexibility index (Phi) is 5.57. The molecular formula is C10H13NO2S2. The van der Waals surface area contributed by atoms with Gasteiger partial charge in [-0.05, 0) is 18.4 Å². The van der Waals surface area contributed by atoms with E-state index in [4.69, 9.17) is 0 Å². The van der Waals surface area contributed by atoms with Crippen LogP contribution in [0.2, 0.25) is 0 Å². The Morgan fingerprint density at radius 3 is 3.00 bits per heavy atom. The Hall–Kier alpha value is -0.680. The van der Waals surface area contributed by atoms with Gasteiger partial charge in [0, 0.05) is 10.8 Å². The number of aromatic nitrogens is 1. The summed E-state index contributed by atoms with van der Waals surface area (Å²) in [5.74, 6) is 0.442. The standard InChI is InChI=1S/C10H13NO2S2/c1-13-10(12)9-5-3-4-8(11-9)6-15-7-14-2/h3-5H,6-7H2,1-2H3. The third-order valence-corrected chi connectivity index (χ3v) is 3.76. The van der Waals surface area contributed by atoms with E-state index in [9.17, 15) is 4.79 Å². The summed E-state index contributed by atoms with van der Waals surface area (Å²) in [4.78, 5) is 15.4. The summed E-state index contributed by atoms with van der Waals surface area (Å²) in [7, 11) is 1.36. The van der Waals surface area contributed by atoms with Crippen molar-refractivity contribution in [3.05, 3.63) is 29.6 Å². The number of hydrogen-bond acceptors (Lipinski definition) is 5. The third kappa shape index (κ3) is 4.13. The fraction of sp³-hybridized carbons (Fsp3) is 0.400. The van der Waals surface area contributed by atoms with E-state index in [-0.39, 0.29) is 5.97 Å². The van der Waals surface area contributed by atoms with Crippen LogP contribution in [0.15, 0.2) is 18.2 Å². The number of methoxy groups -OCH3 is 1. The lowest BCUT2D eigenvalue weighted by Gasteiger charge is -2.02. The molecule has 0 radical (unpaired) electrons. The van der Waals surface area contributed by atoms with E-state index in [1.165, 1.54) is 7.11 Å². The minimum absolute atomic E-state index is 0.375. The molecule has 82 valence electrons. The van der Waals surface area contributed by atoms with Gasteiger partial charge in [0.05, 0.1) is 12.8 Å². The summed E-state index contributed by atoms with van der Waals surface area (Å²) < 4.78 is 4.60. The van der Waals surface area contributed by atoms with Gasteiger partial charge in [-0.3, -0.25) is 0 Å². The van der Waals surface area contributed by atoms with Gasteiger partial charge in [0.15, 0.2) is 0 Å². The fourth-order valence-electron chi connectivity index (χ4n) is 1.01. The Balaban J connectivity index is 2.62. The highest BCUT2D eigenvalue weighted by atomic mass is 32.2. The van der Waals surface area contributed by atoms with Crippen molar-refractivity contribution in [2.75, 3.05) is 18.5 Å². The van der Waals surface area contributed by atoms with E-state index in [1.54, 1.807) is 29.6 Å². The molecule has 0 saturated carbocycles. The second-order valence-electron chi connectivity index (χ2n) is 2.76. The van der Waals surface area contributed by atoms with E-state index >= 15 is 0 Å². The average Bonchev–Trinajstić information content (AvgIpc) is 2.29. The largest absolute Gasteiger partial charge is 0.464 e. The van der Waals surface area contributed by atoms with Crippen LogP contribution in [0, 0.1) is 0 Å². The molecule has 0 atom stereocenters. The van der Waals surface area contributed by atoms with Crippen molar-refractivity contribution in [1.29, 1.82) is 0 Å². The number of rotatable bonds is 5. The van der Waals surface area contributed by atoms with E-state index in [1.807, 2.05) is 12.1 Å². The van der Waals surface area contributed by atoms with Gasteiger partial charge in [0.2, 0.25) is 0 Å². The van der Waals surface area contributed by atoms with Gasteiger partial charge in [-0.25, -0.2) is 9.78 Å². The van der Waals surface area contributed by atoms with Crippen molar-refractivity contribution in [1.82, 2.24) is 4.98 Å². The summed E-state index contributed by atoms with van der Waals surface area (Å²) >= 11 is 3.56. The van der Waals surface area contributed by atoms with Gasteiger partial charge in [0.1, 0.15) is 5.69 Å². The van der Waals surface area contributed by atoms with E-state index < -0.39 is 0 Å². The average molecular weight is 243 g/mol. The summed E-state index contributed by atoms with van der Waals surface area (Å²) in [6.07, 6.45) is 2.06. The Labute approximate surface area is 98.0 Å². The second-order valence-corrected chi connectivity index (χ2v) is 4.98. The molecule has 0 aliphatic rings. The molecule has 0 bridgehead atoms. The number of carbonyl (C=O) groups is 1. The molecule has 1 aromatic rings. The highest BCUT2D eigenvalue weighted by molar-refractivity contribution is 8.15. The number of hydrogen-bond donors (Lipinski definition) is 0. The summed E-state index contributed by atoms with van der Waals surface area (Å²) in [6, 6.07) is 5.41. The van der Waals surface area contributed by atoms with Crippen molar-refractivity contribution >= 4 is 29.5 Å². The van der Waals surface area contributed by atoms with Crippen LogP contribution in [0.5, 0.6) is 0 Å². The Morgan fingerprint density at radius 2 is 2.33 bits per heavy atom. The van der Waals surface area contributed by atoms with Gasteiger partial charge < -0.3 is 4.74 Å². The van der Waals surface area contributed by atoms with Gasteiger partial charge in [-0.1, -0.05) is 6.07 Å². The second kappa shape index (κ2) is 6.74. The summed E-state index contributed by atoms with van der Waals surface area (Å²) in [5, 5.41) is 1.03. The molecular weight excluding hydrogens is 230 g/mol. The van der Waals surface area contributed by atoms with E-state index in [0.29, 0.717) is 5.69 Å². The number of carbonyl (C=O) groups excluding carboxylic acids is 1. The first kappa shape index (κ1) is 12.4. The first-order chi connectivity index (χ1) is 7.27. The van der Waals surface area contributed by atoms with Crippen LogP contribution >= 0.6 is 23.5 Å². The molecule has 0 aliphatic heterocycles. The molecule has 0 spiro atoms. The van der Waals surface area contributed by atoms with Crippen LogP contribution in [-0.4, -0.2) is 29.4 Å². The maximum atomic E-state index is 11.2. The van der Waals surface area contributed by atoms with Gasteiger partial charge in [-0.15, -0.1) is 11.8 Å². The summed E-state index contributed by atoms with van der Waals surface area (Å²) in [5.41, 5.74) is 1.29.